The van der Waals surface area contributed by atoms with Crippen LogP contribution >= 0.6 is 11.3 Å². The zero-order valence-electron chi connectivity index (χ0n) is 20.0. The largest absolute Gasteiger partial charge is 0.481 e. The van der Waals surface area contributed by atoms with Gasteiger partial charge in [-0.05, 0) is 26.2 Å². The third kappa shape index (κ3) is 10.8. The Morgan fingerprint density at radius 1 is 1.03 bits per heavy atom. The number of carbonyl (C=O) groups is 4. The van der Waals surface area contributed by atoms with Crippen LogP contribution < -0.4 is 5.32 Å². The van der Waals surface area contributed by atoms with Crippen molar-refractivity contribution in [3.63, 3.8) is 0 Å². The van der Waals surface area contributed by atoms with E-state index in [-0.39, 0.29) is 18.1 Å². The smallest absolute Gasteiger partial charge is 0.336 e. The van der Waals surface area contributed by atoms with E-state index in [9.17, 15) is 23.6 Å². The number of aliphatic hydroxyl groups is 1. The molecular weight excluding hydrogens is 499 g/mol. The van der Waals surface area contributed by atoms with Crippen LogP contribution in [-0.2, 0) is 25.6 Å². The van der Waals surface area contributed by atoms with Gasteiger partial charge in [-0.2, -0.15) is 0 Å². The number of thiazole rings is 1. The number of para-hydroxylation sites is 1. The summed E-state index contributed by atoms with van der Waals surface area (Å²) in [6.07, 6.45) is -2.04. The summed E-state index contributed by atoms with van der Waals surface area (Å²) < 4.78 is 13.6. The number of nitrogens with zero attached hydrogens (tertiary/aromatic N) is 3. The summed E-state index contributed by atoms with van der Waals surface area (Å²) in [7, 11) is 5.73. The van der Waals surface area contributed by atoms with Crippen LogP contribution in [0.3, 0.4) is 0 Å². The van der Waals surface area contributed by atoms with Gasteiger partial charge in [0.05, 0.1) is 30.6 Å². The van der Waals surface area contributed by atoms with E-state index in [1.807, 2.05) is 24.4 Å². The molecule has 1 amide bonds. The highest BCUT2D eigenvalue weighted by atomic mass is 32.1. The summed E-state index contributed by atoms with van der Waals surface area (Å²) in [5, 5.41) is 39.1. The van der Waals surface area contributed by atoms with Crippen molar-refractivity contribution in [1.29, 1.82) is 0 Å². The summed E-state index contributed by atoms with van der Waals surface area (Å²) in [5.74, 6) is -5.33. The minimum Gasteiger partial charge on any atom is -0.481 e. The van der Waals surface area contributed by atoms with E-state index in [4.69, 9.17) is 20.4 Å². The second kappa shape index (κ2) is 14.1. The van der Waals surface area contributed by atoms with Gasteiger partial charge >= 0.3 is 17.9 Å². The lowest BCUT2D eigenvalue weighted by Crippen LogP contribution is -2.42. The standard InChI is InChI=1S/C16H21FN4OS.C6H8O7/c1-20(2)8-9-21(3)15(22)10-12-11-23-16(18-12)19-14-7-5-4-6-13(14)17;7-3(8)1-6(13,5(11)12)2-4(9)10/h4-7,11H,8-10H2,1-3H3,(H,18,19);13H,1-2H2,(H,7,8)(H,9,10)(H,11,12). The highest BCUT2D eigenvalue weighted by molar-refractivity contribution is 7.13. The van der Waals surface area contributed by atoms with Crippen LogP contribution in [0.15, 0.2) is 29.6 Å². The van der Waals surface area contributed by atoms with Gasteiger partial charge in [0.25, 0.3) is 0 Å². The number of carboxylic acids is 3. The van der Waals surface area contributed by atoms with E-state index in [0.29, 0.717) is 23.1 Å². The Labute approximate surface area is 210 Å². The van der Waals surface area contributed by atoms with Crippen LogP contribution in [-0.4, -0.2) is 98.9 Å². The van der Waals surface area contributed by atoms with Crippen molar-refractivity contribution >= 4 is 46.0 Å². The van der Waals surface area contributed by atoms with E-state index in [0.717, 1.165) is 6.54 Å². The molecule has 2 rings (SSSR count). The van der Waals surface area contributed by atoms with E-state index in [2.05, 4.69) is 10.3 Å². The highest BCUT2D eigenvalue weighted by Crippen LogP contribution is 2.23. The third-order valence-corrected chi connectivity index (χ3v) is 5.40. The fourth-order valence-corrected chi connectivity index (χ4v) is 3.32. The summed E-state index contributed by atoms with van der Waals surface area (Å²) in [5.41, 5.74) is -1.67. The number of aromatic nitrogens is 1. The van der Waals surface area contributed by atoms with Gasteiger partial charge in [-0.3, -0.25) is 14.4 Å². The molecule has 0 saturated carbocycles. The maximum absolute atomic E-state index is 13.6. The van der Waals surface area contributed by atoms with Crippen molar-refractivity contribution < 1.29 is 44.0 Å². The van der Waals surface area contributed by atoms with Gasteiger partial charge < -0.3 is 35.5 Å². The van der Waals surface area contributed by atoms with Crippen molar-refractivity contribution in [3.05, 3.63) is 41.2 Å². The molecule has 0 aliphatic rings. The Morgan fingerprint density at radius 3 is 2.11 bits per heavy atom. The van der Waals surface area contributed by atoms with Crippen molar-refractivity contribution in [2.45, 2.75) is 24.9 Å². The molecule has 1 aromatic heterocycles. The first kappa shape index (κ1) is 30.4. The van der Waals surface area contributed by atoms with Gasteiger partial charge in [-0.25, -0.2) is 14.2 Å². The minimum absolute atomic E-state index is 0.0228. The quantitative estimate of drug-likeness (QED) is 0.268. The number of rotatable bonds is 12. The van der Waals surface area contributed by atoms with Gasteiger partial charge in [0, 0.05) is 25.5 Å². The number of nitrogens with one attached hydrogen (secondary N) is 1. The Morgan fingerprint density at radius 2 is 1.61 bits per heavy atom. The highest BCUT2D eigenvalue weighted by Gasteiger charge is 2.40. The number of carboxylic acid groups (broad SMARTS) is 3. The minimum atomic E-state index is -2.74. The normalized spacial score (nSPS) is 10.8. The number of likely N-dealkylation sites (N-methyl/N-ethyl adjacent to an activating group) is 2. The summed E-state index contributed by atoms with van der Waals surface area (Å²) in [4.78, 5) is 50.7. The van der Waals surface area contributed by atoms with E-state index in [1.165, 1.54) is 17.4 Å². The van der Waals surface area contributed by atoms with Gasteiger partial charge in [-0.15, -0.1) is 11.3 Å². The molecule has 1 heterocycles. The van der Waals surface area contributed by atoms with Gasteiger partial charge in [0.2, 0.25) is 5.91 Å². The molecular formula is C22H29FN4O8S. The number of benzene rings is 1. The molecule has 0 aliphatic heterocycles. The predicted molar refractivity (Wildman–Crippen MR) is 129 cm³/mol. The number of carbonyl (C=O) groups excluding carboxylic acids is 1. The first-order valence-corrected chi connectivity index (χ1v) is 11.4. The predicted octanol–water partition coefficient (Wildman–Crippen LogP) is 1.34. The van der Waals surface area contributed by atoms with Gasteiger partial charge in [0.15, 0.2) is 10.7 Å². The van der Waals surface area contributed by atoms with Crippen molar-refractivity contribution in [2.24, 2.45) is 0 Å². The molecule has 0 atom stereocenters. The molecule has 198 valence electrons. The monoisotopic (exact) mass is 528 g/mol. The lowest BCUT2D eigenvalue weighted by Gasteiger charge is -2.19. The first-order valence-electron chi connectivity index (χ1n) is 10.5. The van der Waals surface area contributed by atoms with Crippen LogP contribution in [0, 0.1) is 5.82 Å². The molecule has 0 fully saturated rings. The topological polar surface area (TPSA) is 181 Å². The van der Waals surface area contributed by atoms with Crippen LogP contribution in [0.5, 0.6) is 0 Å². The van der Waals surface area contributed by atoms with E-state index in [1.54, 1.807) is 30.1 Å². The number of halogens is 1. The van der Waals surface area contributed by atoms with Gasteiger partial charge in [-0.1, -0.05) is 12.1 Å². The molecule has 2 aromatic rings. The molecule has 0 bridgehead atoms. The Bertz CT molecular complexity index is 1050. The number of aliphatic carboxylic acids is 3. The Kier molecular flexibility index (Phi) is 11.9. The second-order valence-electron chi connectivity index (χ2n) is 8.02. The SMILES string of the molecule is CN(C)CCN(C)C(=O)Cc1csc(Nc2ccccc2F)n1.O=C(O)CC(O)(CC(=O)O)C(=O)O. The van der Waals surface area contributed by atoms with Crippen LogP contribution in [0.2, 0.25) is 0 Å². The molecule has 0 saturated heterocycles. The average molecular weight is 529 g/mol. The molecule has 1 aromatic carbocycles. The lowest BCUT2D eigenvalue weighted by molar-refractivity contribution is -0.170. The zero-order valence-corrected chi connectivity index (χ0v) is 20.8. The van der Waals surface area contributed by atoms with Crippen LogP contribution in [0.4, 0.5) is 15.2 Å². The fourth-order valence-electron chi connectivity index (χ4n) is 2.60. The summed E-state index contributed by atoms with van der Waals surface area (Å²) in [6.45, 7) is 1.50. The van der Waals surface area contributed by atoms with Gasteiger partial charge in [0.1, 0.15) is 5.82 Å². The van der Waals surface area contributed by atoms with Crippen molar-refractivity contribution in [3.8, 4) is 0 Å². The number of hydrogen-bond donors (Lipinski definition) is 5. The van der Waals surface area contributed by atoms with Crippen molar-refractivity contribution in [1.82, 2.24) is 14.8 Å². The molecule has 0 radical (unpaired) electrons. The Hall–Kier alpha value is -3.62. The lowest BCUT2D eigenvalue weighted by atomic mass is 9.96. The molecule has 0 unspecified atom stereocenters. The van der Waals surface area contributed by atoms with Crippen molar-refractivity contribution in [2.75, 3.05) is 39.5 Å². The molecule has 12 nitrogen and oxygen atoms in total. The maximum atomic E-state index is 13.6. The Balaban J connectivity index is 0.000000426. The average Bonchev–Trinajstić information content (AvgIpc) is 3.19. The van der Waals surface area contributed by atoms with Crippen LogP contribution in [0.25, 0.3) is 0 Å². The molecule has 14 heteroatoms. The van der Waals surface area contributed by atoms with Crippen LogP contribution in [0.1, 0.15) is 18.5 Å². The molecule has 0 aliphatic carbocycles. The third-order valence-electron chi connectivity index (χ3n) is 4.59. The number of anilines is 2. The maximum Gasteiger partial charge on any atom is 0.336 e. The summed E-state index contributed by atoms with van der Waals surface area (Å²) in [6, 6.07) is 6.43. The first-order chi connectivity index (χ1) is 16.7. The molecule has 36 heavy (non-hydrogen) atoms. The molecule has 0 spiro atoms. The second-order valence-corrected chi connectivity index (χ2v) is 8.88. The number of amides is 1. The molecule has 5 N–H and O–H groups in total. The zero-order chi connectivity index (χ0) is 27.5. The number of hydrogen-bond acceptors (Lipinski definition) is 9. The fraction of sp³-hybridized carbons (Fsp3) is 0.409. The van der Waals surface area contributed by atoms with E-state index >= 15 is 0 Å². The van der Waals surface area contributed by atoms with E-state index < -0.39 is 36.4 Å². The summed E-state index contributed by atoms with van der Waals surface area (Å²) >= 11 is 1.36.